The standard InChI is InChI=1S/C19H16N2O2S/c22-19-10-6-15-12-17(8-9-18(15)20-19)24(23)21-16-7-5-13-3-1-2-4-14(13)11-16/h1-5,7-9,11-12,21H,6,10H2,(H,20,22). The number of hydrogen-bond acceptors (Lipinski definition) is 2. The molecule has 120 valence electrons. The van der Waals surface area contributed by atoms with E-state index in [1.165, 1.54) is 0 Å². The third-order valence-electron chi connectivity index (χ3n) is 4.15. The van der Waals surface area contributed by atoms with E-state index in [-0.39, 0.29) is 5.91 Å². The summed E-state index contributed by atoms with van der Waals surface area (Å²) in [5.74, 6) is 0.0330. The molecular weight excluding hydrogens is 320 g/mol. The molecule has 2 N–H and O–H groups in total. The highest BCUT2D eigenvalue weighted by Gasteiger charge is 2.16. The zero-order valence-electron chi connectivity index (χ0n) is 12.9. The quantitative estimate of drug-likeness (QED) is 0.763. The fraction of sp³-hybridized carbons (Fsp3) is 0.105. The van der Waals surface area contributed by atoms with E-state index in [9.17, 15) is 9.00 Å². The molecule has 5 heteroatoms. The molecule has 1 atom stereocenters. The number of carbonyl (C=O) groups excluding carboxylic acids is 1. The highest BCUT2D eigenvalue weighted by atomic mass is 32.2. The van der Waals surface area contributed by atoms with E-state index in [1.54, 1.807) is 6.07 Å². The van der Waals surface area contributed by atoms with Crippen LogP contribution in [0.5, 0.6) is 0 Å². The zero-order valence-corrected chi connectivity index (χ0v) is 13.7. The summed E-state index contributed by atoms with van der Waals surface area (Å²) in [6, 6.07) is 19.5. The molecule has 0 spiro atoms. The van der Waals surface area contributed by atoms with Gasteiger partial charge >= 0.3 is 0 Å². The topological polar surface area (TPSA) is 58.2 Å². The van der Waals surface area contributed by atoms with E-state index in [0.29, 0.717) is 17.7 Å². The normalized spacial score (nSPS) is 14.8. The van der Waals surface area contributed by atoms with Gasteiger partial charge < -0.3 is 10.0 Å². The Morgan fingerprint density at radius 1 is 0.917 bits per heavy atom. The molecule has 4 nitrogen and oxygen atoms in total. The number of anilines is 2. The molecule has 1 amide bonds. The molecule has 0 fully saturated rings. The van der Waals surface area contributed by atoms with Gasteiger partial charge in [0.25, 0.3) is 0 Å². The Balaban J connectivity index is 1.58. The third kappa shape index (κ3) is 2.90. The highest BCUT2D eigenvalue weighted by molar-refractivity contribution is 7.86. The summed E-state index contributed by atoms with van der Waals surface area (Å²) in [4.78, 5) is 12.1. The predicted octanol–water partition coefficient (Wildman–Crippen LogP) is 3.86. The molecule has 0 saturated carbocycles. The van der Waals surface area contributed by atoms with Crippen LogP contribution in [0.15, 0.2) is 65.6 Å². The van der Waals surface area contributed by atoms with Crippen molar-refractivity contribution in [3.8, 4) is 0 Å². The number of hydrogen-bond donors (Lipinski definition) is 2. The van der Waals surface area contributed by atoms with Gasteiger partial charge in [-0.25, -0.2) is 4.21 Å². The molecule has 1 aliphatic heterocycles. The number of nitrogens with one attached hydrogen (secondary N) is 2. The summed E-state index contributed by atoms with van der Waals surface area (Å²) in [6.07, 6.45) is 1.16. The average molecular weight is 336 g/mol. The lowest BCUT2D eigenvalue weighted by molar-refractivity contribution is -0.116. The average Bonchev–Trinajstić information content (AvgIpc) is 2.61. The number of aryl methyl sites for hydroxylation is 1. The monoisotopic (exact) mass is 336 g/mol. The van der Waals surface area contributed by atoms with Crippen LogP contribution in [-0.2, 0) is 22.2 Å². The van der Waals surface area contributed by atoms with E-state index in [2.05, 4.69) is 10.0 Å². The molecule has 0 aromatic heterocycles. The van der Waals surface area contributed by atoms with E-state index in [4.69, 9.17) is 0 Å². The summed E-state index contributed by atoms with van der Waals surface area (Å²) >= 11 is 0. The molecule has 0 bridgehead atoms. The summed E-state index contributed by atoms with van der Waals surface area (Å²) in [6.45, 7) is 0. The minimum atomic E-state index is -1.35. The van der Waals surface area contributed by atoms with Crippen LogP contribution in [0.25, 0.3) is 10.8 Å². The number of carbonyl (C=O) groups is 1. The van der Waals surface area contributed by atoms with Gasteiger partial charge in [-0.2, -0.15) is 0 Å². The predicted molar refractivity (Wildman–Crippen MR) is 97.4 cm³/mol. The van der Waals surface area contributed by atoms with Crippen molar-refractivity contribution in [3.63, 3.8) is 0 Å². The van der Waals surface area contributed by atoms with Crippen LogP contribution in [0.4, 0.5) is 11.4 Å². The second kappa shape index (κ2) is 6.09. The maximum atomic E-state index is 12.6. The lowest BCUT2D eigenvalue weighted by atomic mass is 10.0. The lowest BCUT2D eigenvalue weighted by Gasteiger charge is -2.17. The van der Waals surface area contributed by atoms with Crippen molar-refractivity contribution in [1.82, 2.24) is 0 Å². The Labute approximate surface area is 142 Å². The van der Waals surface area contributed by atoms with Gasteiger partial charge in [0.15, 0.2) is 0 Å². The Morgan fingerprint density at radius 3 is 2.62 bits per heavy atom. The first kappa shape index (κ1) is 14.9. The van der Waals surface area contributed by atoms with Gasteiger partial charge in [0.05, 0.1) is 4.90 Å². The van der Waals surface area contributed by atoms with Gasteiger partial charge in [0, 0.05) is 17.8 Å². The van der Waals surface area contributed by atoms with Crippen molar-refractivity contribution >= 4 is 39.0 Å². The molecule has 3 aromatic rings. The van der Waals surface area contributed by atoms with E-state index in [0.717, 1.165) is 27.7 Å². The number of benzene rings is 3. The van der Waals surface area contributed by atoms with E-state index < -0.39 is 11.0 Å². The maximum Gasteiger partial charge on any atom is 0.224 e. The third-order valence-corrected chi connectivity index (χ3v) is 5.25. The highest BCUT2D eigenvalue weighted by Crippen LogP contribution is 2.26. The molecule has 1 heterocycles. The van der Waals surface area contributed by atoms with Crippen molar-refractivity contribution in [2.45, 2.75) is 17.7 Å². The van der Waals surface area contributed by atoms with Crippen LogP contribution in [0.1, 0.15) is 12.0 Å². The second-order valence-corrected chi connectivity index (χ2v) is 7.01. The van der Waals surface area contributed by atoms with Gasteiger partial charge in [-0.15, -0.1) is 0 Å². The number of fused-ring (bicyclic) bond motifs is 2. The molecule has 0 radical (unpaired) electrons. The zero-order chi connectivity index (χ0) is 16.5. The Morgan fingerprint density at radius 2 is 1.75 bits per heavy atom. The Hall–Kier alpha value is -2.66. The Bertz CT molecular complexity index is 968. The molecule has 4 rings (SSSR count). The minimum absolute atomic E-state index is 0.0330. The first-order chi connectivity index (χ1) is 11.7. The van der Waals surface area contributed by atoms with Crippen LogP contribution in [0, 0.1) is 0 Å². The van der Waals surface area contributed by atoms with Gasteiger partial charge in [0.2, 0.25) is 5.91 Å². The largest absolute Gasteiger partial charge is 0.326 e. The van der Waals surface area contributed by atoms with Gasteiger partial charge in [-0.1, -0.05) is 30.3 Å². The fourth-order valence-corrected chi connectivity index (χ4v) is 3.79. The lowest BCUT2D eigenvalue weighted by Crippen LogP contribution is -2.19. The molecule has 0 saturated heterocycles. The summed E-state index contributed by atoms with van der Waals surface area (Å²) in [5.41, 5.74) is 2.66. The molecule has 0 aliphatic carbocycles. The smallest absolute Gasteiger partial charge is 0.224 e. The fourth-order valence-electron chi connectivity index (χ4n) is 2.89. The second-order valence-electron chi connectivity index (χ2n) is 5.80. The Kier molecular flexibility index (Phi) is 3.78. The first-order valence-corrected chi connectivity index (χ1v) is 8.94. The summed E-state index contributed by atoms with van der Waals surface area (Å²) < 4.78 is 15.7. The van der Waals surface area contributed by atoms with E-state index in [1.807, 2.05) is 54.6 Å². The first-order valence-electron chi connectivity index (χ1n) is 7.79. The van der Waals surface area contributed by atoms with Gasteiger partial charge in [0.1, 0.15) is 11.0 Å². The summed E-state index contributed by atoms with van der Waals surface area (Å²) in [7, 11) is -1.35. The summed E-state index contributed by atoms with van der Waals surface area (Å²) in [5, 5.41) is 5.09. The van der Waals surface area contributed by atoms with Crippen molar-refractivity contribution in [1.29, 1.82) is 0 Å². The molecule has 1 aliphatic rings. The van der Waals surface area contributed by atoms with Gasteiger partial charge in [-0.3, -0.25) is 4.79 Å². The maximum absolute atomic E-state index is 12.6. The molecule has 1 unspecified atom stereocenters. The van der Waals surface area contributed by atoms with Crippen molar-refractivity contribution in [3.05, 3.63) is 66.2 Å². The number of rotatable bonds is 3. The van der Waals surface area contributed by atoms with Crippen molar-refractivity contribution < 1.29 is 9.00 Å². The van der Waals surface area contributed by atoms with Crippen LogP contribution in [-0.4, -0.2) is 10.1 Å². The van der Waals surface area contributed by atoms with E-state index >= 15 is 0 Å². The molecule has 24 heavy (non-hydrogen) atoms. The van der Waals surface area contributed by atoms with Crippen molar-refractivity contribution in [2.75, 3.05) is 10.0 Å². The molecular formula is C19H16N2O2S. The van der Waals surface area contributed by atoms with Crippen LogP contribution < -0.4 is 10.0 Å². The number of amides is 1. The van der Waals surface area contributed by atoms with Crippen LogP contribution >= 0.6 is 0 Å². The van der Waals surface area contributed by atoms with Gasteiger partial charge in [-0.05, 0) is 53.1 Å². The van der Waals surface area contributed by atoms with Crippen LogP contribution in [0.2, 0.25) is 0 Å². The van der Waals surface area contributed by atoms with Crippen LogP contribution in [0.3, 0.4) is 0 Å². The van der Waals surface area contributed by atoms with Crippen molar-refractivity contribution in [2.24, 2.45) is 0 Å². The SMILES string of the molecule is O=C1CCc2cc(S(=O)Nc3ccc4ccccc4c3)ccc2N1. The molecule has 3 aromatic carbocycles. The minimum Gasteiger partial charge on any atom is -0.326 e.